The number of benzene rings is 1. The lowest BCUT2D eigenvalue weighted by atomic mass is 10.2. The summed E-state index contributed by atoms with van der Waals surface area (Å²) in [5, 5.41) is 3.75. The minimum atomic E-state index is -0.425. The van der Waals surface area contributed by atoms with E-state index >= 15 is 0 Å². The van der Waals surface area contributed by atoms with Crippen LogP contribution in [-0.4, -0.2) is 17.0 Å². The van der Waals surface area contributed by atoms with Crippen LogP contribution in [0.1, 0.15) is 12.7 Å². The van der Waals surface area contributed by atoms with E-state index in [0.29, 0.717) is 32.0 Å². The Morgan fingerprint density at radius 3 is 2.79 bits per heavy atom. The molecule has 0 atom stereocenters. The number of carbonyl (C=O) groups excluding carboxylic acids is 2. The van der Waals surface area contributed by atoms with Crippen LogP contribution in [-0.2, 0) is 9.59 Å². The molecule has 2 aromatic rings. The van der Waals surface area contributed by atoms with Crippen LogP contribution in [0.3, 0.4) is 0 Å². The second kappa shape index (κ2) is 6.84. The van der Waals surface area contributed by atoms with Crippen molar-refractivity contribution in [3.8, 4) is 11.3 Å². The molecule has 0 fully saturated rings. The molecule has 0 saturated heterocycles. The number of halogens is 2. The Morgan fingerprint density at radius 1 is 1.29 bits per heavy atom. The average molecular weight is 381 g/mol. The van der Waals surface area contributed by atoms with E-state index in [-0.39, 0.29) is 11.1 Å². The van der Waals surface area contributed by atoms with Crippen molar-refractivity contribution < 1.29 is 14.0 Å². The summed E-state index contributed by atoms with van der Waals surface area (Å²) in [5.74, 6) is 0.326. The molecule has 0 saturated carbocycles. The van der Waals surface area contributed by atoms with Gasteiger partial charge in [-0.3, -0.25) is 9.59 Å². The van der Waals surface area contributed by atoms with Crippen molar-refractivity contribution in [2.45, 2.75) is 6.92 Å². The summed E-state index contributed by atoms with van der Waals surface area (Å²) in [6.45, 7) is 1.35. The molecule has 1 aromatic heterocycles. The molecule has 122 valence electrons. The molecule has 0 unspecified atom stereocenters. The fourth-order valence-corrected chi connectivity index (χ4v) is 3.35. The van der Waals surface area contributed by atoms with E-state index in [4.69, 9.17) is 27.6 Å². The molecule has 1 aliphatic rings. The zero-order chi connectivity index (χ0) is 17.3. The minimum absolute atomic E-state index is 0.256. The summed E-state index contributed by atoms with van der Waals surface area (Å²) < 4.78 is 5.71. The van der Waals surface area contributed by atoms with Gasteiger partial charge in [-0.05, 0) is 42.1 Å². The summed E-state index contributed by atoms with van der Waals surface area (Å²) in [4.78, 5) is 27.0. The molecule has 2 heterocycles. The molecule has 8 heteroatoms. The van der Waals surface area contributed by atoms with Crippen molar-refractivity contribution in [2.24, 2.45) is 4.99 Å². The SMILES string of the molecule is CC(=O)NC1=NC(=O)/C(=C/c2ccc(-c3ccc(Cl)cc3Cl)o2)S1. The smallest absolute Gasteiger partial charge is 0.286 e. The van der Waals surface area contributed by atoms with Crippen molar-refractivity contribution in [1.82, 2.24) is 5.32 Å². The van der Waals surface area contributed by atoms with E-state index in [1.807, 2.05) is 0 Å². The second-order valence-electron chi connectivity index (χ2n) is 4.84. The molecule has 0 spiro atoms. The number of hydrogen-bond donors (Lipinski definition) is 1. The molecular formula is C16H10Cl2N2O3S. The van der Waals surface area contributed by atoms with Gasteiger partial charge in [-0.2, -0.15) is 4.99 Å². The van der Waals surface area contributed by atoms with E-state index in [9.17, 15) is 9.59 Å². The lowest BCUT2D eigenvalue weighted by Crippen LogP contribution is -2.23. The molecule has 0 aliphatic carbocycles. The van der Waals surface area contributed by atoms with Gasteiger partial charge in [0, 0.05) is 23.6 Å². The van der Waals surface area contributed by atoms with Gasteiger partial charge in [-0.25, -0.2) is 0 Å². The highest BCUT2D eigenvalue weighted by Gasteiger charge is 2.23. The van der Waals surface area contributed by atoms with Gasteiger partial charge in [0.1, 0.15) is 11.5 Å². The topological polar surface area (TPSA) is 71.7 Å². The number of amides is 2. The largest absolute Gasteiger partial charge is 0.457 e. The maximum Gasteiger partial charge on any atom is 0.286 e. The van der Waals surface area contributed by atoms with Crippen LogP contribution in [0.5, 0.6) is 0 Å². The van der Waals surface area contributed by atoms with E-state index in [2.05, 4.69) is 10.3 Å². The number of thioether (sulfide) groups is 1. The summed E-state index contributed by atoms with van der Waals surface area (Å²) in [7, 11) is 0. The highest BCUT2D eigenvalue weighted by Crippen LogP contribution is 2.33. The Balaban J connectivity index is 1.82. The first kappa shape index (κ1) is 16.8. The highest BCUT2D eigenvalue weighted by atomic mass is 35.5. The second-order valence-corrected chi connectivity index (χ2v) is 6.71. The molecule has 1 aromatic carbocycles. The third-order valence-electron chi connectivity index (χ3n) is 3.00. The highest BCUT2D eigenvalue weighted by molar-refractivity contribution is 8.18. The number of nitrogens with one attached hydrogen (secondary N) is 1. The molecule has 1 aliphatic heterocycles. The Kier molecular flexibility index (Phi) is 4.80. The molecule has 0 bridgehead atoms. The van der Waals surface area contributed by atoms with E-state index in [1.54, 1.807) is 36.4 Å². The van der Waals surface area contributed by atoms with Crippen LogP contribution in [0.2, 0.25) is 10.0 Å². The van der Waals surface area contributed by atoms with Gasteiger partial charge in [0.05, 0.1) is 9.93 Å². The van der Waals surface area contributed by atoms with E-state index < -0.39 is 5.91 Å². The van der Waals surface area contributed by atoms with Gasteiger partial charge in [0.25, 0.3) is 5.91 Å². The minimum Gasteiger partial charge on any atom is -0.457 e. The Morgan fingerprint density at radius 2 is 2.08 bits per heavy atom. The van der Waals surface area contributed by atoms with Crippen LogP contribution in [0.4, 0.5) is 0 Å². The fourth-order valence-electron chi connectivity index (χ4n) is 2.01. The molecule has 3 rings (SSSR count). The van der Waals surface area contributed by atoms with Crippen LogP contribution in [0.15, 0.2) is 44.6 Å². The van der Waals surface area contributed by atoms with E-state index in [0.717, 1.165) is 11.8 Å². The third-order valence-corrected chi connectivity index (χ3v) is 4.45. The first-order valence-corrected chi connectivity index (χ1v) is 8.35. The van der Waals surface area contributed by atoms with Crippen molar-refractivity contribution in [2.75, 3.05) is 0 Å². The Bertz CT molecular complexity index is 902. The fraction of sp³-hybridized carbons (Fsp3) is 0.0625. The molecular weight excluding hydrogens is 371 g/mol. The van der Waals surface area contributed by atoms with Gasteiger partial charge < -0.3 is 9.73 Å². The average Bonchev–Trinajstić information content (AvgIpc) is 3.06. The zero-order valence-corrected chi connectivity index (χ0v) is 14.6. The van der Waals surface area contributed by atoms with Crippen molar-refractivity contribution in [3.63, 3.8) is 0 Å². The lowest BCUT2D eigenvalue weighted by molar-refractivity contribution is -0.117. The van der Waals surface area contributed by atoms with Gasteiger partial charge in [0.2, 0.25) is 5.91 Å². The summed E-state index contributed by atoms with van der Waals surface area (Å²) >= 11 is 13.1. The van der Waals surface area contributed by atoms with Crippen molar-refractivity contribution in [3.05, 3.63) is 51.0 Å². The predicted octanol–water partition coefficient (Wildman–Crippen LogP) is 4.36. The molecule has 1 N–H and O–H groups in total. The molecule has 0 radical (unpaired) electrons. The van der Waals surface area contributed by atoms with Gasteiger partial charge >= 0.3 is 0 Å². The Labute approximate surface area is 151 Å². The van der Waals surface area contributed by atoms with Gasteiger partial charge in [-0.1, -0.05) is 23.2 Å². The summed E-state index contributed by atoms with van der Waals surface area (Å²) in [5.41, 5.74) is 0.700. The molecule has 5 nitrogen and oxygen atoms in total. The summed E-state index contributed by atoms with van der Waals surface area (Å²) in [6, 6.07) is 8.57. The molecule has 24 heavy (non-hydrogen) atoms. The zero-order valence-electron chi connectivity index (χ0n) is 12.3. The van der Waals surface area contributed by atoms with Gasteiger partial charge in [-0.15, -0.1) is 0 Å². The molecule has 2 amide bonds. The number of amidine groups is 1. The van der Waals surface area contributed by atoms with Crippen molar-refractivity contribution >= 4 is 58.0 Å². The van der Waals surface area contributed by atoms with Crippen LogP contribution >= 0.6 is 35.0 Å². The standard InChI is InChI=1S/C16H10Cl2N2O3S/c1-8(21)19-16-20-15(22)14(24-16)7-10-3-5-13(23-10)11-4-2-9(17)6-12(11)18/h2-7H,1H3,(H,19,20,21,22)/b14-7-. The number of hydrogen-bond acceptors (Lipinski definition) is 4. The van der Waals surface area contributed by atoms with Crippen molar-refractivity contribution in [1.29, 1.82) is 0 Å². The maximum absolute atomic E-state index is 11.8. The summed E-state index contributed by atoms with van der Waals surface area (Å²) in [6.07, 6.45) is 1.57. The number of furan rings is 1. The van der Waals surface area contributed by atoms with Crippen LogP contribution < -0.4 is 5.32 Å². The predicted molar refractivity (Wildman–Crippen MR) is 96.0 cm³/mol. The Hall–Kier alpha value is -2.02. The first-order valence-electron chi connectivity index (χ1n) is 6.78. The quantitative estimate of drug-likeness (QED) is 0.785. The third kappa shape index (κ3) is 3.72. The van der Waals surface area contributed by atoms with Crippen LogP contribution in [0, 0.1) is 0 Å². The normalized spacial score (nSPS) is 15.7. The van der Waals surface area contributed by atoms with Crippen LogP contribution in [0.25, 0.3) is 17.4 Å². The van der Waals surface area contributed by atoms with E-state index in [1.165, 1.54) is 6.92 Å². The van der Waals surface area contributed by atoms with Gasteiger partial charge in [0.15, 0.2) is 5.17 Å². The number of rotatable bonds is 2. The maximum atomic E-state index is 11.8. The number of nitrogens with zero attached hydrogens (tertiary/aromatic N) is 1. The number of aliphatic imine (C=N–C) groups is 1. The number of carbonyl (C=O) groups is 2. The lowest BCUT2D eigenvalue weighted by Gasteiger charge is -2.01. The first-order chi connectivity index (χ1) is 11.4. The monoisotopic (exact) mass is 380 g/mol.